The molecule has 1 unspecified atom stereocenters. The molecule has 0 saturated carbocycles. The van der Waals surface area contributed by atoms with Crippen LogP contribution in [0.5, 0.6) is 11.5 Å². The highest BCUT2D eigenvalue weighted by Crippen LogP contribution is 2.30. The molecule has 110 valence electrons. The second-order valence-electron chi connectivity index (χ2n) is 4.92. The molecule has 3 rings (SSSR count). The molecule has 0 radical (unpaired) electrons. The van der Waals surface area contributed by atoms with Crippen LogP contribution < -0.4 is 20.1 Å². The van der Waals surface area contributed by atoms with Crippen LogP contribution in [-0.4, -0.2) is 37.7 Å². The van der Waals surface area contributed by atoms with Gasteiger partial charge in [0.05, 0.1) is 0 Å². The quantitative estimate of drug-likeness (QED) is 0.859. The van der Waals surface area contributed by atoms with Gasteiger partial charge in [0, 0.05) is 12.6 Å². The van der Waals surface area contributed by atoms with Crippen LogP contribution in [0.25, 0.3) is 0 Å². The predicted molar refractivity (Wildman–Crippen MR) is 77.6 cm³/mol. The van der Waals surface area contributed by atoms with E-state index in [1.54, 1.807) is 0 Å². The van der Waals surface area contributed by atoms with E-state index in [0.717, 1.165) is 25.9 Å². The maximum atomic E-state index is 12.1. The van der Waals surface area contributed by atoms with Crippen LogP contribution in [0.4, 0.5) is 0 Å². The minimum atomic E-state index is -0.558. The second kappa shape index (κ2) is 6.81. The van der Waals surface area contributed by atoms with Crippen LogP contribution in [0.2, 0.25) is 0 Å². The van der Waals surface area contributed by atoms with Crippen molar-refractivity contribution in [3.05, 3.63) is 24.3 Å². The summed E-state index contributed by atoms with van der Waals surface area (Å²) in [6, 6.07) is 7.61. The van der Waals surface area contributed by atoms with E-state index in [2.05, 4.69) is 10.6 Å². The zero-order valence-electron chi connectivity index (χ0n) is 11.1. The number of fused-ring (bicyclic) bond motifs is 1. The number of amides is 1. The number of carbonyl (C=O) groups is 1. The van der Waals surface area contributed by atoms with E-state index >= 15 is 0 Å². The maximum absolute atomic E-state index is 12.1. The van der Waals surface area contributed by atoms with Crippen molar-refractivity contribution in [1.29, 1.82) is 0 Å². The van der Waals surface area contributed by atoms with Crippen LogP contribution in [0, 0.1) is 0 Å². The lowest BCUT2D eigenvalue weighted by Gasteiger charge is -2.29. The fraction of sp³-hybridized carbons (Fsp3) is 0.500. The smallest absolute Gasteiger partial charge is 0.264 e. The summed E-state index contributed by atoms with van der Waals surface area (Å²) in [5, 5.41) is 6.28. The van der Waals surface area contributed by atoms with Gasteiger partial charge in [0.1, 0.15) is 6.61 Å². The van der Waals surface area contributed by atoms with Gasteiger partial charge in [0.2, 0.25) is 6.10 Å². The fourth-order valence-electron chi connectivity index (χ4n) is 2.42. The number of carbonyl (C=O) groups excluding carboxylic acids is 1. The van der Waals surface area contributed by atoms with E-state index in [4.69, 9.17) is 9.47 Å². The highest BCUT2D eigenvalue weighted by Gasteiger charge is 2.28. The molecule has 1 amide bonds. The zero-order valence-corrected chi connectivity index (χ0v) is 11.9. The van der Waals surface area contributed by atoms with Crippen molar-refractivity contribution in [2.45, 2.75) is 25.0 Å². The number of hydrogen-bond donors (Lipinski definition) is 2. The predicted octanol–water partition coefficient (Wildman–Crippen LogP) is 1.12. The van der Waals surface area contributed by atoms with Gasteiger partial charge in [-0.15, -0.1) is 12.4 Å². The van der Waals surface area contributed by atoms with Gasteiger partial charge in [-0.25, -0.2) is 0 Å². The number of para-hydroxylation sites is 2. The molecule has 1 aromatic carbocycles. The summed E-state index contributed by atoms with van der Waals surface area (Å²) in [4.78, 5) is 12.1. The molecule has 2 atom stereocenters. The molecule has 1 aromatic rings. The Morgan fingerprint density at radius 1 is 1.30 bits per heavy atom. The first-order valence-electron chi connectivity index (χ1n) is 6.72. The third kappa shape index (κ3) is 3.35. The monoisotopic (exact) mass is 298 g/mol. The first-order chi connectivity index (χ1) is 9.33. The van der Waals surface area contributed by atoms with E-state index in [9.17, 15) is 4.79 Å². The molecule has 2 heterocycles. The Kier molecular flexibility index (Phi) is 5.09. The molecule has 1 saturated heterocycles. The number of rotatable bonds is 2. The van der Waals surface area contributed by atoms with Crippen molar-refractivity contribution in [2.75, 3.05) is 19.7 Å². The SMILES string of the molecule is Cl.O=C(N[C@@H]1CCCNC1)C1COc2ccccc2O1. The van der Waals surface area contributed by atoms with Crippen molar-refractivity contribution < 1.29 is 14.3 Å². The average molecular weight is 299 g/mol. The molecule has 20 heavy (non-hydrogen) atoms. The largest absolute Gasteiger partial charge is 0.485 e. The van der Waals surface area contributed by atoms with Crippen LogP contribution in [-0.2, 0) is 4.79 Å². The molecule has 2 aliphatic rings. The fourth-order valence-corrected chi connectivity index (χ4v) is 2.42. The van der Waals surface area contributed by atoms with Crippen LogP contribution in [0.1, 0.15) is 12.8 Å². The molecular weight excluding hydrogens is 280 g/mol. The Labute approximate surface area is 124 Å². The third-order valence-electron chi connectivity index (χ3n) is 3.44. The molecule has 5 nitrogen and oxygen atoms in total. The Bertz CT molecular complexity index is 463. The van der Waals surface area contributed by atoms with E-state index in [0.29, 0.717) is 11.5 Å². The molecule has 0 aromatic heterocycles. The molecule has 0 aliphatic carbocycles. The van der Waals surface area contributed by atoms with Crippen molar-refractivity contribution in [2.24, 2.45) is 0 Å². The number of nitrogens with one attached hydrogen (secondary N) is 2. The summed E-state index contributed by atoms with van der Waals surface area (Å²) in [7, 11) is 0. The van der Waals surface area contributed by atoms with Crippen LogP contribution in [0.3, 0.4) is 0 Å². The number of hydrogen-bond acceptors (Lipinski definition) is 4. The zero-order chi connectivity index (χ0) is 13.1. The van der Waals surface area contributed by atoms with Gasteiger partial charge >= 0.3 is 0 Å². The molecule has 2 aliphatic heterocycles. The summed E-state index contributed by atoms with van der Waals surface area (Å²) in [5.41, 5.74) is 0. The van der Waals surface area contributed by atoms with E-state index in [-0.39, 0.29) is 31.0 Å². The summed E-state index contributed by atoms with van der Waals surface area (Å²) in [6.45, 7) is 2.13. The lowest BCUT2D eigenvalue weighted by Crippen LogP contribution is -2.51. The number of benzene rings is 1. The normalized spacial score (nSPS) is 24.4. The van der Waals surface area contributed by atoms with Crippen molar-refractivity contribution in [3.63, 3.8) is 0 Å². The molecular formula is C14H19ClN2O3. The minimum Gasteiger partial charge on any atom is -0.485 e. The van der Waals surface area contributed by atoms with E-state index < -0.39 is 6.10 Å². The first kappa shape index (κ1) is 14.9. The minimum absolute atomic E-state index is 0. The topological polar surface area (TPSA) is 59.6 Å². The molecule has 0 bridgehead atoms. The third-order valence-corrected chi connectivity index (χ3v) is 3.44. The van der Waals surface area contributed by atoms with Crippen molar-refractivity contribution in [3.8, 4) is 11.5 Å². The summed E-state index contributed by atoms with van der Waals surface area (Å²) in [6.07, 6.45) is 1.55. The van der Waals surface area contributed by atoms with Gasteiger partial charge in [0.25, 0.3) is 5.91 Å². The summed E-state index contributed by atoms with van der Waals surface area (Å²) >= 11 is 0. The standard InChI is InChI=1S/C14H18N2O3.ClH/c17-14(16-10-4-3-7-15-8-10)13-9-18-11-5-1-2-6-12(11)19-13;/h1-2,5-6,10,13,15H,3-4,7-9H2,(H,16,17);1H/t10-,13?;/m1./s1. The van der Waals surface area contributed by atoms with E-state index in [1.807, 2.05) is 24.3 Å². The van der Waals surface area contributed by atoms with Gasteiger partial charge in [-0.05, 0) is 31.5 Å². The van der Waals surface area contributed by atoms with Gasteiger partial charge in [-0.3, -0.25) is 4.79 Å². The van der Waals surface area contributed by atoms with E-state index in [1.165, 1.54) is 0 Å². The average Bonchev–Trinajstić information content (AvgIpc) is 2.48. The summed E-state index contributed by atoms with van der Waals surface area (Å²) in [5.74, 6) is 1.24. The first-order valence-corrected chi connectivity index (χ1v) is 6.72. The van der Waals surface area contributed by atoms with Gasteiger partial charge in [-0.1, -0.05) is 12.1 Å². The second-order valence-corrected chi connectivity index (χ2v) is 4.92. The summed E-state index contributed by atoms with van der Waals surface area (Å²) < 4.78 is 11.2. The number of piperidine rings is 1. The van der Waals surface area contributed by atoms with Gasteiger partial charge < -0.3 is 20.1 Å². The number of ether oxygens (including phenoxy) is 2. The van der Waals surface area contributed by atoms with Crippen LogP contribution in [0.15, 0.2) is 24.3 Å². The highest BCUT2D eigenvalue weighted by atomic mass is 35.5. The van der Waals surface area contributed by atoms with Gasteiger partial charge in [0.15, 0.2) is 11.5 Å². The maximum Gasteiger partial charge on any atom is 0.264 e. The Balaban J connectivity index is 0.00000147. The Morgan fingerprint density at radius 3 is 2.85 bits per heavy atom. The van der Waals surface area contributed by atoms with Crippen LogP contribution >= 0.6 is 12.4 Å². The Morgan fingerprint density at radius 2 is 2.10 bits per heavy atom. The lowest BCUT2D eigenvalue weighted by atomic mass is 10.1. The molecule has 0 spiro atoms. The van der Waals surface area contributed by atoms with Crippen molar-refractivity contribution in [1.82, 2.24) is 10.6 Å². The molecule has 2 N–H and O–H groups in total. The lowest BCUT2D eigenvalue weighted by molar-refractivity contribution is -0.131. The Hall–Kier alpha value is -1.46. The molecule has 1 fully saturated rings. The molecule has 6 heteroatoms. The van der Waals surface area contributed by atoms with Crippen molar-refractivity contribution >= 4 is 18.3 Å². The van der Waals surface area contributed by atoms with Gasteiger partial charge in [-0.2, -0.15) is 0 Å². The number of halogens is 1. The highest BCUT2D eigenvalue weighted by molar-refractivity contribution is 5.85.